The molecule has 5 nitrogen and oxygen atoms in total. The first-order valence-electron chi connectivity index (χ1n) is 7.52. The molecule has 1 aliphatic heterocycles. The molecule has 1 aromatic heterocycles. The quantitative estimate of drug-likeness (QED) is 0.935. The Morgan fingerprint density at radius 3 is 2.81 bits per heavy atom. The summed E-state index contributed by atoms with van der Waals surface area (Å²) in [6.07, 6.45) is 4.20. The number of rotatable bonds is 4. The molecule has 0 radical (unpaired) electrons. The normalized spacial score (nSPS) is 19.8. The number of aliphatic hydroxyl groups excluding tert-OH is 1. The van der Waals surface area contributed by atoms with Gasteiger partial charge in [-0.1, -0.05) is 35.8 Å². The van der Waals surface area contributed by atoms with E-state index in [-0.39, 0.29) is 12.6 Å². The number of aliphatic hydroxyl groups is 1. The highest BCUT2D eigenvalue weighted by Crippen LogP contribution is 2.29. The fourth-order valence-corrected chi connectivity index (χ4v) is 2.82. The second-order valence-corrected chi connectivity index (χ2v) is 5.62. The van der Waals surface area contributed by atoms with Crippen LogP contribution in [0.15, 0.2) is 28.8 Å². The summed E-state index contributed by atoms with van der Waals surface area (Å²) >= 11 is 0. The van der Waals surface area contributed by atoms with Crippen molar-refractivity contribution < 1.29 is 9.63 Å². The fraction of sp³-hybridized carbons (Fsp3) is 0.500. The number of benzene rings is 1. The van der Waals surface area contributed by atoms with E-state index in [0.29, 0.717) is 18.1 Å². The van der Waals surface area contributed by atoms with Crippen LogP contribution in [-0.2, 0) is 6.42 Å². The third-order valence-electron chi connectivity index (χ3n) is 4.11. The molecule has 0 amide bonds. The van der Waals surface area contributed by atoms with Crippen LogP contribution in [0.25, 0.3) is 11.4 Å². The van der Waals surface area contributed by atoms with Crippen molar-refractivity contribution in [3.05, 3.63) is 35.7 Å². The van der Waals surface area contributed by atoms with Crippen LogP contribution in [0.1, 0.15) is 36.8 Å². The molecule has 1 saturated heterocycles. The Labute approximate surface area is 124 Å². The molecular formula is C16H21N3O2. The monoisotopic (exact) mass is 287 g/mol. The molecule has 2 aromatic rings. The lowest BCUT2D eigenvalue weighted by molar-refractivity contribution is 0.150. The minimum atomic E-state index is 0.166. The molecule has 112 valence electrons. The van der Waals surface area contributed by atoms with Crippen LogP contribution in [-0.4, -0.2) is 40.3 Å². The zero-order chi connectivity index (χ0) is 14.7. The lowest BCUT2D eigenvalue weighted by Crippen LogP contribution is -2.29. The average molecular weight is 287 g/mol. The van der Waals surface area contributed by atoms with Gasteiger partial charge < -0.3 is 9.63 Å². The van der Waals surface area contributed by atoms with E-state index in [1.54, 1.807) is 0 Å². The van der Waals surface area contributed by atoms with E-state index >= 15 is 0 Å². The van der Waals surface area contributed by atoms with E-state index in [9.17, 15) is 0 Å². The van der Waals surface area contributed by atoms with Crippen molar-refractivity contribution in [1.82, 2.24) is 15.0 Å². The second kappa shape index (κ2) is 6.37. The zero-order valence-corrected chi connectivity index (χ0v) is 12.3. The van der Waals surface area contributed by atoms with E-state index in [1.807, 2.05) is 24.3 Å². The summed E-state index contributed by atoms with van der Waals surface area (Å²) in [4.78, 5) is 6.84. The molecule has 1 atom stereocenters. The van der Waals surface area contributed by atoms with Crippen molar-refractivity contribution in [3.63, 3.8) is 0 Å². The van der Waals surface area contributed by atoms with E-state index in [4.69, 9.17) is 9.63 Å². The van der Waals surface area contributed by atoms with Crippen LogP contribution in [0.5, 0.6) is 0 Å². The van der Waals surface area contributed by atoms with Gasteiger partial charge in [0.25, 0.3) is 0 Å². The van der Waals surface area contributed by atoms with Crippen LogP contribution in [0.2, 0.25) is 0 Å². The molecule has 21 heavy (non-hydrogen) atoms. The topological polar surface area (TPSA) is 62.4 Å². The van der Waals surface area contributed by atoms with E-state index in [0.717, 1.165) is 24.1 Å². The van der Waals surface area contributed by atoms with Crippen LogP contribution in [0.4, 0.5) is 0 Å². The van der Waals surface area contributed by atoms with Crippen LogP contribution < -0.4 is 0 Å². The largest absolute Gasteiger partial charge is 0.396 e. The highest BCUT2D eigenvalue weighted by molar-refractivity contribution is 5.54. The molecule has 0 spiro atoms. The third kappa shape index (κ3) is 3.14. The van der Waals surface area contributed by atoms with E-state index < -0.39 is 0 Å². The van der Waals surface area contributed by atoms with Crippen molar-refractivity contribution in [3.8, 4) is 11.4 Å². The number of hydrogen-bond donors (Lipinski definition) is 1. The standard InChI is InChI=1S/C16H21N3O2/c1-19-10-3-2-4-14(19)16-17-15(18-21-16)13-7-5-12(6-8-13)9-11-20/h5-8,14,20H,2-4,9-11H2,1H3. The SMILES string of the molecule is CN1CCCCC1c1nc(-c2ccc(CCO)cc2)no1. The molecule has 1 unspecified atom stereocenters. The van der Waals surface area contributed by atoms with Crippen molar-refractivity contribution in [2.24, 2.45) is 0 Å². The highest BCUT2D eigenvalue weighted by Gasteiger charge is 2.26. The molecule has 1 aliphatic rings. The Hall–Kier alpha value is -1.72. The van der Waals surface area contributed by atoms with Crippen LogP contribution >= 0.6 is 0 Å². The number of aromatic nitrogens is 2. The second-order valence-electron chi connectivity index (χ2n) is 5.62. The molecule has 5 heteroatoms. The number of hydrogen-bond acceptors (Lipinski definition) is 5. The first-order valence-corrected chi connectivity index (χ1v) is 7.52. The minimum absolute atomic E-state index is 0.166. The van der Waals surface area contributed by atoms with Crippen LogP contribution in [0.3, 0.4) is 0 Å². The molecule has 3 rings (SSSR count). The van der Waals surface area contributed by atoms with Crippen molar-refractivity contribution >= 4 is 0 Å². The van der Waals surface area contributed by atoms with Gasteiger partial charge in [-0.25, -0.2) is 0 Å². The Morgan fingerprint density at radius 2 is 2.10 bits per heavy atom. The Morgan fingerprint density at radius 1 is 1.29 bits per heavy atom. The summed E-state index contributed by atoms with van der Waals surface area (Å²) in [5.41, 5.74) is 2.06. The van der Waals surface area contributed by atoms with Gasteiger partial charge in [-0.05, 0) is 38.4 Å². The van der Waals surface area contributed by atoms with Gasteiger partial charge in [0.2, 0.25) is 11.7 Å². The maximum Gasteiger partial charge on any atom is 0.244 e. The summed E-state index contributed by atoms with van der Waals surface area (Å²) in [6, 6.07) is 8.19. The molecule has 2 heterocycles. The summed E-state index contributed by atoms with van der Waals surface area (Å²) < 4.78 is 5.46. The molecule has 0 saturated carbocycles. The smallest absolute Gasteiger partial charge is 0.244 e. The molecule has 0 bridgehead atoms. The summed E-state index contributed by atoms with van der Waals surface area (Å²) in [6.45, 7) is 1.25. The first kappa shape index (κ1) is 14.2. The molecular weight excluding hydrogens is 266 g/mol. The van der Waals surface area contributed by atoms with Crippen molar-refractivity contribution in [1.29, 1.82) is 0 Å². The number of nitrogens with zero attached hydrogens (tertiary/aromatic N) is 3. The Kier molecular flexibility index (Phi) is 4.31. The maximum absolute atomic E-state index is 8.93. The Bertz CT molecular complexity index is 579. The van der Waals surface area contributed by atoms with E-state index in [1.165, 1.54) is 12.8 Å². The van der Waals surface area contributed by atoms with Gasteiger partial charge in [-0.2, -0.15) is 4.98 Å². The summed E-state index contributed by atoms with van der Waals surface area (Å²) in [7, 11) is 2.11. The molecule has 0 aliphatic carbocycles. The van der Waals surface area contributed by atoms with Gasteiger partial charge in [-0.3, -0.25) is 4.90 Å². The van der Waals surface area contributed by atoms with Gasteiger partial charge in [0.1, 0.15) is 0 Å². The average Bonchev–Trinajstić information content (AvgIpc) is 2.98. The van der Waals surface area contributed by atoms with E-state index in [2.05, 4.69) is 22.1 Å². The molecule has 1 aromatic carbocycles. The number of piperidine rings is 1. The third-order valence-corrected chi connectivity index (χ3v) is 4.11. The number of likely N-dealkylation sites (tertiary alicyclic amines) is 1. The zero-order valence-electron chi connectivity index (χ0n) is 12.3. The lowest BCUT2D eigenvalue weighted by Gasteiger charge is -2.29. The van der Waals surface area contributed by atoms with Gasteiger partial charge in [0, 0.05) is 12.2 Å². The fourth-order valence-electron chi connectivity index (χ4n) is 2.82. The van der Waals surface area contributed by atoms with Gasteiger partial charge in [0.15, 0.2) is 0 Å². The molecule has 1 fully saturated rings. The van der Waals surface area contributed by atoms with Crippen molar-refractivity contribution in [2.45, 2.75) is 31.7 Å². The predicted molar refractivity (Wildman–Crippen MR) is 79.7 cm³/mol. The molecule has 1 N–H and O–H groups in total. The van der Waals surface area contributed by atoms with Gasteiger partial charge in [-0.15, -0.1) is 0 Å². The van der Waals surface area contributed by atoms with Crippen molar-refractivity contribution in [2.75, 3.05) is 20.2 Å². The Balaban J connectivity index is 1.77. The van der Waals surface area contributed by atoms with Gasteiger partial charge >= 0.3 is 0 Å². The minimum Gasteiger partial charge on any atom is -0.396 e. The first-order chi connectivity index (χ1) is 10.3. The predicted octanol–water partition coefficient (Wildman–Crippen LogP) is 2.43. The maximum atomic E-state index is 8.93. The lowest BCUT2D eigenvalue weighted by atomic mass is 10.0. The summed E-state index contributed by atoms with van der Waals surface area (Å²) in [5, 5.41) is 13.0. The summed E-state index contributed by atoms with van der Waals surface area (Å²) in [5.74, 6) is 1.35. The highest BCUT2D eigenvalue weighted by atomic mass is 16.5. The van der Waals surface area contributed by atoms with Gasteiger partial charge in [0.05, 0.1) is 6.04 Å². The van der Waals surface area contributed by atoms with Crippen LogP contribution in [0, 0.1) is 0 Å².